The average molecular weight is 463 g/mol. The number of nitrogens with zero attached hydrogens (tertiary/aromatic N) is 3. The molecule has 0 aliphatic rings. The first-order valence-electron chi connectivity index (χ1n) is 11.6. The SMILES string of the molecule is CCc1cccc(NC(=O)COc2cc(C)c3c(-c4ccccc4)nn(-c4ccccc4)c3n2)c1. The molecule has 3 aromatic carbocycles. The molecule has 0 saturated carbocycles. The van der Waals surface area contributed by atoms with Crippen LogP contribution in [-0.4, -0.2) is 27.3 Å². The summed E-state index contributed by atoms with van der Waals surface area (Å²) in [4.78, 5) is 17.3. The van der Waals surface area contributed by atoms with Gasteiger partial charge in [0.05, 0.1) is 11.1 Å². The van der Waals surface area contributed by atoms with Crippen molar-refractivity contribution in [2.24, 2.45) is 0 Å². The minimum absolute atomic E-state index is 0.140. The molecule has 0 atom stereocenters. The van der Waals surface area contributed by atoms with Gasteiger partial charge in [-0.05, 0) is 48.7 Å². The van der Waals surface area contributed by atoms with Crippen molar-refractivity contribution in [2.45, 2.75) is 20.3 Å². The molecule has 1 amide bonds. The number of carbonyl (C=O) groups excluding carboxylic acids is 1. The molecule has 0 spiro atoms. The summed E-state index contributed by atoms with van der Waals surface area (Å²) >= 11 is 0. The maximum Gasteiger partial charge on any atom is 0.262 e. The van der Waals surface area contributed by atoms with E-state index < -0.39 is 0 Å². The molecule has 0 fully saturated rings. The lowest BCUT2D eigenvalue weighted by molar-refractivity contribution is -0.118. The summed E-state index contributed by atoms with van der Waals surface area (Å²) in [6.07, 6.45) is 0.906. The highest BCUT2D eigenvalue weighted by molar-refractivity contribution is 5.95. The van der Waals surface area contributed by atoms with E-state index in [4.69, 9.17) is 14.8 Å². The van der Waals surface area contributed by atoms with Crippen LogP contribution < -0.4 is 10.1 Å². The quantitative estimate of drug-likeness (QED) is 0.323. The van der Waals surface area contributed by atoms with Crippen LogP contribution in [0.1, 0.15) is 18.1 Å². The lowest BCUT2D eigenvalue weighted by Crippen LogP contribution is -2.20. The summed E-state index contributed by atoms with van der Waals surface area (Å²) < 4.78 is 7.65. The molecule has 174 valence electrons. The molecule has 5 aromatic rings. The van der Waals surface area contributed by atoms with Crippen molar-refractivity contribution in [3.63, 3.8) is 0 Å². The van der Waals surface area contributed by atoms with Crippen molar-refractivity contribution >= 4 is 22.6 Å². The van der Waals surface area contributed by atoms with Gasteiger partial charge in [0.15, 0.2) is 12.3 Å². The number of pyridine rings is 1. The molecule has 6 nitrogen and oxygen atoms in total. The van der Waals surface area contributed by atoms with E-state index >= 15 is 0 Å². The van der Waals surface area contributed by atoms with Gasteiger partial charge < -0.3 is 10.1 Å². The minimum Gasteiger partial charge on any atom is -0.467 e. The third-order valence-corrected chi connectivity index (χ3v) is 5.83. The van der Waals surface area contributed by atoms with Crippen molar-refractivity contribution in [3.05, 3.63) is 102 Å². The zero-order valence-electron chi connectivity index (χ0n) is 19.7. The summed E-state index contributed by atoms with van der Waals surface area (Å²) in [6, 6.07) is 29.6. The molecule has 0 bridgehead atoms. The number of para-hydroxylation sites is 1. The van der Waals surface area contributed by atoms with E-state index in [1.807, 2.05) is 103 Å². The molecular formula is C29H26N4O2. The summed E-state index contributed by atoms with van der Waals surface area (Å²) in [5.41, 5.74) is 6.34. The number of hydrogen-bond donors (Lipinski definition) is 1. The zero-order valence-corrected chi connectivity index (χ0v) is 19.7. The van der Waals surface area contributed by atoms with E-state index in [9.17, 15) is 4.79 Å². The molecule has 2 aromatic heterocycles. The lowest BCUT2D eigenvalue weighted by atomic mass is 10.1. The normalized spacial score (nSPS) is 10.9. The number of rotatable bonds is 7. The number of fused-ring (bicyclic) bond motifs is 1. The van der Waals surface area contributed by atoms with Crippen LogP contribution in [0.2, 0.25) is 0 Å². The average Bonchev–Trinajstić information content (AvgIpc) is 3.29. The van der Waals surface area contributed by atoms with Gasteiger partial charge in [-0.1, -0.05) is 67.6 Å². The van der Waals surface area contributed by atoms with Gasteiger partial charge in [-0.25, -0.2) is 4.68 Å². The van der Waals surface area contributed by atoms with Crippen LogP contribution in [0.4, 0.5) is 5.69 Å². The first-order valence-corrected chi connectivity index (χ1v) is 11.6. The zero-order chi connectivity index (χ0) is 24.2. The smallest absolute Gasteiger partial charge is 0.262 e. The standard InChI is InChI=1S/C29H26N4O2/c1-3-21-11-10-14-23(18-21)30-25(34)19-35-26-17-20(2)27-28(22-12-6-4-7-13-22)32-33(29(27)31-26)24-15-8-5-9-16-24/h4-18H,3,19H2,1-2H3,(H,30,34). The number of hydrogen-bond acceptors (Lipinski definition) is 4. The molecule has 5 rings (SSSR count). The fourth-order valence-electron chi connectivity index (χ4n) is 4.10. The first-order chi connectivity index (χ1) is 17.1. The van der Waals surface area contributed by atoms with Gasteiger partial charge in [0, 0.05) is 17.3 Å². The third-order valence-electron chi connectivity index (χ3n) is 5.83. The molecule has 0 radical (unpaired) electrons. The summed E-state index contributed by atoms with van der Waals surface area (Å²) in [5, 5.41) is 8.76. The van der Waals surface area contributed by atoms with Crippen LogP contribution in [-0.2, 0) is 11.2 Å². The van der Waals surface area contributed by atoms with Gasteiger partial charge in [0.2, 0.25) is 5.88 Å². The minimum atomic E-state index is -0.237. The maximum atomic E-state index is 12.5. The van der Waals surface area contributed by atoms with Crippen molar-refractivity contribution in [3.8, 4) is 22.8 Å². The Hall–Kier alpha value is -4.45. The van der Waals surface area contributed by atoms with Crippen molar-refractivity contribution in [1.29, 1.82) is 0 Å². The Labute approximate surface area is 204 Å². The van der Waals surface area contributed by atoms with Crippen LogP contribution in [0.5, 0.6) is 5.88 Å². The number of nitrogens with one attached hydrogen (secondary N) is 1. The Morgan fingerprint density at radius 2 is 1.69 bits per heavy atom. The monoisotopic (exact) mass is 462 g/mol. The summed E-state index contributed by atoms with van der Waals surface area (Å²) in [7, 11) is 0. The molecule has 6 heteroatoms. The number of benzene rings is 3. The van der Waals surface area contributed by atoms with Gasteiger partial charge in [-0.3, -0.25) is 4.79 Å². The molecular weight excluding hydrogens is 436 g/mol. The van der Waals surface area contributed by atoms with E-state index in [2.05, 4.69) is 12.2 Å². The second kappa shape index (κ2) is 9.81. The number of amides is 1. The van der Waals surface area contributed by atoms with E-state index in [0.717, 1.165) is 45.6 Å². The van der Waals surface area contributed by atoms with Gasteiger partial charge in [-0.2, -0.15) is 10.1 Å². The highest BCUT2D eigenvalue weighted by atomic mass is 16.5. The van der Waals surface area contributed by atoms with Gasteiger partial charge >= 0.3 is 0 Å². The molecule has 0 saturated heterocycles. The van der Waals surface area contributed by atoms with Crippen molar-refractivity contribution in [1.82, 2.24) is 14.8 Å². The van der Waals surface area contributed by atoms with Crippen molar-refractivity contribution in [2.75, 3.05) is 11.9 Å². The Kier molecular flexibility index (Phi) is 6.26. The number of ether oxygens (including phenoxy) is 1. The van der Waals surface area contributed by atoms with Crippen LogP contribution in [0, 0.1) is 6.92 Å². The summed E-state index contributed by atoms with van der Waals surface area (Å²) in [6.45, 7) is 3.95. The van der Waals surface area contributed by atoms with Crippen LogP contribution in [0.3, 0.4) is 0 Å². The fourth-order valence-corrected chi connectivity index (χ4v) is 4.10. The van der Waals surface area contributed by atoms with E-state index in [1.165, 1.54) is 0 Å². The second-order valence-corrected chi connectivity index (χ2v) is 8.33. The van der Waals surface area contributed by atoms with E-state index in [-0.39, 0.29) is 12.5 Å². The molecule has 0 aliphatic carbocycles. The van der Waals surface area contributed by atoms with Gasteiger partial charge in [-0.15, -0.1) is 0 Å². The Bertz CT molecular complexity index is 1480. The topological polar surface area (TPSA) is 69.0 Å². The van der Waals surface area contributed by atoms with Crippen LogP contribution in [0.15, 0.2) is 91.0 Å². The summed E-state index contributed by atoms with van der Waals surface area (Å²) in [5.74, 6) is 0.142. The van der Waals surface area contributed by atoms with E-state index in [0.29, 0.717) is 11.5 Å². The maximum absolute atomic E-state index is 12.5. The first kappa shape index (κ1) is 22.3. The predicted octanol–water partition coefficient (Wildman–Crippen LogP) is 5.98. The second-order valence-electron chi connectivity index (χ2n) is 8.33. The largest absolute Gasteiger partial charge is 0.467 e. The third kappa shape index (κ3) is 4.77. The van der Waals surface area contributed by atoms with E-state index in [1.54, 1.807) is 0 Å². The predicted molar refractivity (Wildman–Crippen MR) is 139 cm³/mol. The number of carbonyl (C=O) groups is 1. The molecule has 1 N–H and O–H groups in total. The van der Waals surface area contributed by atoms with Gasteiger partial charge in [0.1, 0.15) is 5.69 Å². The lowest BCUT2D eigenvalue weighted by Gasteiger charge is -2.10. The Morgan fingerprint density at radius 1 is 0.943 bits per heavy atom. The number of anilines is 1. The fraction of sp³-hybridized carbons (Fsp3) is 0.138. The highest BCUT2D eigenvalue weighted by Gasteiger charge is 2.19. The van der Waals surface area contributed by atoms with Crippen LogP contribution >= 0.6 is 0 Å². The Balaban J connectivity index is 1.47. The molecule has 0 aliphatic heterocycles. The molecule has 35 heavy (non-hydrogen) atoms. The number of aromatic nitrogens is 3. The Morgan fingerprint density at radius 3 is 2.43 bits per heavy atom. The number of aryl methyl sites for hydroxylation is 2. The van der Waals surface area contributed by atoms with Crippen LogP contribution in [0.25, 0.3) is 28.0 Å². The van der Waals surface area contributed by atoms with Gasteiger partial charge in [0.25, 0.3) is 5.91 Å². The molecule has 2 heterocycles. The highest BCUT2D eigenvalue weighted by Crippen LogP contribution is 2.33. The molecule has 0 unspecified atom stereocenters. The van der Waals surface area contributed by atoms with Crippen molar-refractivity contribution < 1.29 is 9.53 Å².